The molecule has 0 atom stereocenters. The van der Waals surface area contributed by atoms with Crippen molar-refractivity contribution in [2.45, 2.75) is 0 Å². The molecule has 0 aliphatic heterocycles. The van der Waals surface area contributed by atoms with E-state index in [2.05, 4.69) is 143 Å². The normalized spacial score (nSPS) is 11.9. The van der Waals surface area contributed by atoms with E-state index in [1.165, 1.54) is 32.7 Å². The molecule has 9 aromatic rings. The maximum atomic E-state index is 6.34. The van der Waals surface area contributed by atoms with Gasteiger partial charge in [-0.1, -0.05) is 91.0 Å². The van der Waals surface area contributed by atoms with E-state index in [9.17, 15) is 0 Å². The lowest BCUT2D eigenvalue weighted by molar-refractivity contribution is 0.670. The van der Waals surface area contributed by atoms with Crippen LogP contribution >= 0.6 is 0 Å². The quantitative estimate of drug-likeness (QED) is 0.225. The lowest BCUT2D eigenvalue weighted by Crippen LogP contribution is -1.95. The van der Waals surface area contributed by atoms with E-state index in [1.807, 2.05) is 12.1 Å². The van der Waals surface area contributed by atoms with Crippen molar-refractivity contribution >= 4 is 54.6 Å². The van der Waals surface area contributed by atoms with Crippen LogP contribution in [0.25, 0.3) is 77.1 Å². The molecule has 0 unspecified atom stereocenters. The van der Waals surface area contributed by atoms with E-state index in [1.54, 1.807) is 0 Å². The molecule has 0 N–H and O–H groups in total. The Morgan fingerprint density at radius 2 is 1.20 bits per heavy atom. The number of rotatable bonds is 3. The van der Waals surface area contributed by atoms with Crippen LogP contribution in [0, 0.1) is 0 Å². The highest BCUT2D eigenvalue weighted by atomic mass is 16.3. The van der Waals surface area contributed by atoms with Crippen molar-refractivity contribution in [3.05, 3.63) is 146 Å². The molecule has 0 aliphatic carbocycles. The number of furan rings is 1. The van der Waals surface area contributed by atoms with E-state index in [4.69, 9.17) is 4.42 Å². The zero-order valence-electron chi connectivity index (χ0n) is 22.2. The summed E-state index contributed by atoms with van der Waals surface area (Å²) in [7, 11) is 0. The fourth-order valence-electron chi connectivity index (χ4n) is 6.52. The number of hydrogen-bond acceptors (Lipinski definition) is 1. The van der Waals surface area contributed by atoms with Crippen molar-refractivity contribution in [2.75, 3.05) is 0 Å². The first-order chi connectivity index (χ1) is 20.3. The van der Waals surface area contributed by atoms with Gasteiger partial charge in [-0.05, 0) is 54.1 Å². The molecule has 3 nitrogen and oxygen atoms in total. The molecule has 0 saturated carbocycles. The summed E-state index contributed by atoms with van der Waals surface area (Å²) >= 11 is 0. The predicted octanol–water partition coefficient (Wildman–Crippen LogP) is 10.3. The highest BCUT2D eigenvalue weighted by Crippen LogP contribution is 2.39. The van der Waals surface area contributed by atoms with Crippen LogP contribution in [0.15, 0.2) is 150 Å². The first kappa shape index (κ1) is 22.3. The Labute approximate surface area is 236 Å². The van der Waals surface area contributed by atoms with E-state index in [-0.39, 0.29) is 0 Å². The van der Waals surface area contributed by atoms with Crippen molar-refractivity contribution in [3.63, 3.8) is 0 Å². The van der Waals surface area contributed by atoms with E-state index >= 15 is 0 Å². The Kier molecular flexibility index (Phi) is 4.61. The van der Waals surface area contributed by atoms with Gasteiger partial charge in [0.25, 0.3) is 0 Å². The fourth-order valence-corrected chi connectivity index (χ4v) is 6.52. The molecule has 6 aromatic carbocycles. The summed E-state index contributed by atoms with van der Waals surface area (Å²) < 4.78 is 11.0. The van der Waals surface area contributed by atoms with Crippen molar-refractivity contribution < 1.29 is 4.42 Å². The number of benzene rings is 6. The summed E-state index contributed by atoms with van der Waals surface area (Å²) in [5.41, 5.74) is 10.0. The molecular weight excluding hydrogens is 500 g/mol. The van der Waals surface area contributed by atoms with Gasteiger partial charge >= 0.3 is 0 Å². The highest BCUT2D eigenvalue weighted by molar-refractivity contribution is 6.18. The Morgan fingerprint density at radius 1 is 0.439 bits per heavy atom. The molecular formula is C38H24N2O. The Hall–Kier alpha value is -5.54. The molecule has 3 heterocycles. The number of hydrogen-bond donors (Lipinski definition) is 0. The summed E-state index contributed by atoms with van der Waals surface area (Å²) in [6, 6.07) is 49.6. The maximum absolute atomic E-state index is 6.34. The topological polar surface area (TPSA) is 23.0 Å². The molecule has 192 valence electrons. The van der Waals surface area contributed by atoms with Gasteiger partial charge in [-0.3, -0.25) is 0 Å². The van der Waals surface area contributed by atoms with Gasteiger partial charge < -0.3 is 13.6 Å². The van der Waals surface area contributed by atoms with Crippen molar-refractivity contribution in [1.29, 1.82) is 0 Å². The molecule has 3 heteroatoms. The molecule has 0 bridgehead atoms. The lowest BCUT2D eigenvalue weighted by atomic mass is 10.0. The van der Waals surface area contributed by atoms with Gasteiger partial charge in [0.2, 0.25) is 0 Å². The van der Waals surface area contributed by atoms with Crippen LogP contribution in [0.3, 0.4) is 0 Å². The Balaban J connectivity index is 1.26. The first-order valence-electron chi connectivity index (χ1n) is 13.9. The minimum atomic E-state index is 0.920. The van der Waals surface area contributed by atoms with Crippen molar-refractivity contribution in [3.8, 4) is 22.5 Å². The van der Waals surface area contributed by atoms with Crippen LogP contribution in [0.5, 0.6) is 0 Å². The number of para-hydroxylation sites is 4. The average molecular weight is 525 g/mol. The van der Waals surface area contributed by atoms with Gasteiger partial charge in [-0.25, -0.2) is 0 Å². The van der Waals surface area contributed by atoms with Crippen molar-refractivity contribution in [1.82, 2.24) is 9.13 Å². The summed E-state index contributed by atoms with van der Waals surface area (Å²) in [6.07, 6.45) is 2.18. The van der Waals surface area contributed by atoms with Crippen LogP contribution in [-0.2, 0) is 0 Å². The Bertz CT molecular complexity index is 2400. The van der Waals surface area contributed by atoms with Crippen LogP contribution < -0.4 is 0 Å². The molecule has 3 aromatic heterocycles. The third kappa shape index (κ3) is 3.20. The van der Waals surface area contributed by atoms with E-state index in [0.29, 0.717) is 0 Å². The average Bonchev–Trinajstić information content (AvgIpc) is 3.73. The van der Waals surface area contributed by atoms with Gasteiger partial charge in [-0.15, -0.1) is 0 Å². The van der Waals surface area contributed by atoms with Gasteiger partial charge in [0, 0.05) is 50.1 Å². The molecule has 0 amide bonds. The molecule has 0 aliphatic rings. The molecule has 0 saturated heterocycles. The van der Waals surface area contributed by atoms with Crippen molar-refractivity contribution in [2.24, 2.45) is 0 Å². The third-order valence-electron chi connectivity index (χ3n) is 8.38. The largest absolute Gasteiger partial charge is 0.455 e. The zero-order valence-corrected chi connectivity index (χ0v) is 22.2. The number of nitrogens with zero attached hydrogens (tertiary/aromatic N) is 2. The number of aromatic nitrogens is 2. The highest BCUT2D eigenvalue weighted by Gasteiger charge is 2.17. The summed E-state index contributed by atoms with van der Waals surface area (Å²) in [4.78, 5) is 0. The molecule has 41 heavy (non-hydrogen) atoms. The van der Waals surface area contributed by atoms with Gasteiger partial charge in [0.1, 0.15) is 11.2 Å². The zero-order chi connectivity index (χ0) is 26.9. The second kappa shape index (κ2) is 8.48. The molecule has 0 spiro atoms. The standard InChI is InChI=1S/C38H24N2O/c1-2-9-26(10-3-1)39-24-23-33-34(39)22-21-31-29-11-4-6-15-35(29)40(37(31)33)27-19-17-25(18-20-27)28-13-8-14-32-30-12-5-7-16-36(30)41-38(28)32/h1-24H. The van der Waals surface area contributed by atoms with Crippen LogP contribution in [-0.4, -0.2) is 9.13 Å². The molecule has 0 fully saturated rings. The van der Waals surface area contributed by atoms with Gasteiger partial charge in [-0.2, -0.15) is 0 Å². The molecule has 9 rings (SSSR count). The summed E-state index contributed by atoms with van der Waals surface area (Å²) in [5, 5.41) is 6.05. The SMILES string of the molecule is c1ccc(-n2ccc3c2ccc2c4ccccc4n(-c4ccc(-c5cccc6c5oc5ccccc56)cc4)c23)cc1. The predicted molar refractivity (Wildman–Crippen MR) is 170 cm³/mol. The second-order valence-corrected chi connectivity index (χ2v) is 10.6. The maximum Gasteiger partial charge on any atom is 0.143 e. The fraction of sp³-hybridized carbons (Fsp3) is 0. The Morgan fingerprint density at radius 3 is 2.07 bits per heavy atom. The minimum absolute atomic E-state index is 0.920. The lowest BCUT2D eigenvalue weighted by Gasteiger charge is -2.11. The van der Waals surface area contributed by atoms with Crippen LogP contribution in [0.4, 0.5) is 0 Å². The minimum Gasteiger partial charge on any atom is -0.455 e. The van der Waals surface area contributed by atoms with Gasteiger partial charge in [0.15, 0.2) is 0 Å². The summed E-state index contributed by atoms with van der Waals surface area (Å²) in [6.45, 7) is 0. The van der Waals surface area contributed by atoms with Crippen LogP contribution in [0.1, 0.15) is 0 Å². The first-order valence-corrected chi connectivity index (χ1v) is 13.9. The van der Waals surface area contributed by atoms with E-state index < -0.39 is 0 Å². The summed E-state index contributed by atoms with van der Waals surface area (Å²) in [5.74, 6) is 0. The monoisotopic (exact) mass is 524 g/mol. The third-order valence-corrected chi connectivity index (χ3v) is 8.38. The van der Waals surface area contributed by atoms with E-state index in [0.717, 1.165) is 44.4 Å². The smallest absolute Gasteiger partial charge is 0.143 e. The second-order valence-electron chi connectivity index (χ2n) is 10.6. The molecule has 0 radical (unpaired) electrons. The number of fused-ring (bicyclic) bond motifs is 8. The van der Waals surface area contributed by atoms with Crippen LogP contribution in [0.2, 0.25) is 0 Å². The van der Waals surface area contributed by atoms with Gasteiger partial charge in [0.05, 0.1) is 16.6 Å².